The first-order chi connectivity index (χ1) is 9.35. The van der Waals surface area contributed by atoms with Crippen LogP contribution in [0, 0.1) is 0 Å². The van der Waals surface area contributed by atoms with Gasteiger partial charge in [0.15, 0.2) is 0 Å². The topological polar surface area (TPSA) is 87.2 Å². The normalized spacial score (nSPS) is 17.8. The van der Waals surface area contributed by atoms with E-state index in [1.807, 2.05) is 26.8 Å². The minimum atomic E-state index is -0.530. The largest absolute Gasteiger partial charge is 0.462 e. The van der Waals surface area contributed by atoms with Crippen molar-refractivity contribution in [3.8, 4) is 0 Å². The number of carbonyl (C=O) groups excluding carboxylic acids is 1. The predicted octanol–water partition coefficient (Wildman–Crippen LogP) is 1.02. The number of hydrogen-bond donors (Lipinski definition) is 3. The molecule has 114 valence electrons. The first kappa shape index (κ1) is 16.7. The van der Waals surface area contributed by atoms with E-state index in [1.54, 1.807) is 6.20 Å². The Bertz CT molecular complexity index is 379. The summed E-state index contributed by atoms with van der Waals surface area (Å²) in [7, 11) is 0. The van der Waals surface area contributed by atoms with Crippen molar-refractivity contribution in [2.24, 2.45) is 0 Å². The van der Waals surface area contributed by atoms with Crippen LogP contribution in [0.1, 0.15) is 39.3 Å². The van der Waals surface area contributed by atoms with Crippen LogP contribution in [0.5, 0.6) is 0 Å². The molecule has 1 saturated heterocycles. The third-order valence-electron chi connectivity index (χ3n) is 3.01. The van der Waals surface area contributed by atoms with Crippen molar-refractivity contribution < 1.29 is 14.6 Å². The minimum Gasteiger partial charge on any atom is -0.462 e. The van der Waals surface area contributed by atoms with E-state index in [-0.39, 0.29) is 5.60 Å². The average Bonchev–Trinajstić information content (AvgIpc) is 2.81. The Hall–Kier alpha value is -1.40. The molecule has 0 amide bonds. The van der Waals surface area contributed by atoms with Crippen LogP contribution in [0.15, 0.2) is 12.3 Å². The van der Waals surface area contributed by atoms with Crippen molar-refractivity contribution in [1.82, 2.24) is 15.5 Å². The number of ether oxygens (including phenoxy) is 1. The number of aliphatic hydroxyl groups is 1. The third kappa shape index (κ3) is 6.68. The first-order valence-electron chi connectivity index (χ1n) is 6.87. The summed E-state index contributed by atoms with van der Waals surface area (Å²) >= 11 is 0. The number of rotatable bonds is 3. The standard InChI is InChI=1S/C9H15N3O.C5H10O2/c13-9(2-5-10-6-3-9)7-8-1-4-11-12-8;1-5(2,3)7-4-6/h1,4,10,13H,2-3,5-7H2,(H,11,12);4H,1-3H3. The van der Waals surface area contributed by atoms with Crippen LogP contribution < -0.4 is 5.32 Å². The van der Waals surface area contributed by atoms with E-state index in [9.17, 15) is 9.90 Å². The molecule has 2 rings (SSSR count). The number of carbonyl (C=O) groups is 1. The zero-order valence-corrected chi connectivity index (χ0v) is 12.5. The van der Waals surface area contributed by atoms with Gasteiger partial charge in [0.1, 0.15) is 5.60 Å². The summed E-state index contributed by atoms with van der Waals surface area (Å²) in [6.07, 6.45) is 4.06. The van der Waals surface area contributed by atoms with Gasteiger partial charge in [-0.3, -0.25) is 9.89 Å². The van der Waals surface area contributed by atoms with Gasteiger partial charge in [0.05, 0.1) is 5.60 Å². The number of aromatic nitrogens is 2. The van der Waals surface area contributed by atoms with E-state index < -0.39 is 5.60 Å². The number of nitrogens with one attached hydrogen (secondary N) is 2. The summed E-state index contributed by atoms with van der Waals surface area (Å²) in [4.78, 5) is 9.60. The highest BCUT2D eigenvalue weighted by Crippen LogP contribution is 2.21. The van der Waals surface area contributed by atoms with E-state index in [4.69, 9.17) is 0 Å². The molecule has 0 aromatic carbocycles. The Morgan fingerprint density at radius 2 is 2.10 bits per heavy atom. The molecule has 0 radical (unpaired) electrons. The molecule has 3 N–H and O–H groups in total. The first-order valence-corrected chi connectivity index (χ1v) is 6.87. The number of piperidine rings is 1. The van der Waals surface area contributed by atoms with E-state index in [0.717, 1.165) is 31.6 Å². The maximum Gasteiger partial charge on any atom is 0.293 e. The Labute approximate surface area is 119 Å². The van der Waals surface area contributed by atoms with Gasteiger partial charge in [-0.05, 0) is 52.8 Å². The van der Waals surface area contributed by atoms with E-state index in [1.165, 1.54) is 0 Å². The molecule has 0 unspecified atom stereocenters. The lowest BCUT2D eigenvalue weighted by molar-refractivity contribution is -0.138. The molecule has 20 heavy (non-hydrogen) atoms. The van der Waals surface area contributed by atoms with Crippen molar-refractivity contribution in [3.63, 3.8) is 0 Å². The molecule has 0 spiro atoms. The fourth-order valence-electron chi connectivity index (χ4n) is 1.95. The van der Waals surface area contributed by atoms with Gasteiger partial charge >= 0.3 is 0 Å². The molecular weight excluding hydrogens is 258 g/mol. The molecule has 0 saturated carbocycles. The molecule has 0 aliphatic carbocycles. The number of aromatic amines is 1. The molecule has 0 bridgehead atoms. The summed E-state index contributed by atoms with van der Waals surface area (Å²) in [5, 5.41) is 20.1. The fraction of sp³-hybridized carbons (Fsp3) is 0.714. The number of nitrogens with zero attached hydrogens (tertiary/aromatic N) is 1. The van der Waals surface area contributed by atoms with Crippen molar-refractivity contribution in [2.75, 3.05) is 13.1 Å². The zero-order valence-electron chi connectivity index (χ0n) is 12.5. The molecule has 1 fully saturated rings. The summed E-state index contributed by atoms with van der Waals surface area (Å²) in [5.41, 5.74) is 0.170. The SMILES string of the molecule is CC(C)(C)OC=O.OC1(Cc2ccn[nH]2)CCNCC1. The van der Waals surface area contributed by atoms with Crippen LogP contribution >= 0.6 is 0 Å². The van der Waals surface area contributed by atoms with Crippen molar-refractivity contribution >= 4 is 6.47 Å². The average molecular weight is 283 g/mol. The lowest BCUT2D eigenvalue weighted by Gasteiger charge is -2.32. The summed E-state index contributed by atoms with van der Waals surface area (Å²) < 4.78 is 4.55. The zero-order chi connectivity index (χ0) is 15.1. The smallest absolute Gasteiger partial charge is 0.293 e. The number of H-pyrrole nitrogens is 1. The minimum absolute atomic E-state index is 0.318. The van der Waals surface area contributed by atoms with Crippen molar-refractivity contribution in [2.45, 2.75) is 51.2 Å². The van der Waals surface area contributed by atoms with Gasteiger partial charge in [-0.1, -0.05) is 0 Å². The van der Waals surface area contributed by atoms with Crippen LogP contribution in [0.3, 0.4) is 0 Å². The van der Waals surface area contributed by atoms with Gasteiger partial charge in [0.25, 0.3) is 6.47 Å². The van der Waals surface area contributed by atoms with Crippen LogP contribution in [0.25, 0.3) is 0 Å². The Morgan fingerprint density at radius 1 is 1.45 bits per heavy atom. The molecular formula is C14H25N3O3. The number of hydrogen-bond acceptors (Lipinski definition) is 5. The second-order valence-electron chi connectivity index (χ2n) is 6.06. The van der Waals surface area contributed by atoms with Crippen molar-refractivity contribution in [1.29, 1.82) is 0 Å². The van der Waals surface area contributed by atoms with Crippen molar-refractivity contribution in [3.05, 3.63) is 18.0 Å². The highest BCUT2D eigenvalue weighted by atomic mass is 16.5. The molecule has 2 heterocycles. The molecule has 1 aromatic heterocycles. The third-order valence-corrected chi connectivity index (χ3v) is 3.01. The van der Waals surface area contributed by atoms with Gasteiger partial charge in [0, 0.05) is 18.3 Å². The Morgan fingerprint density at radius 3 is 2.50 bits per heavy atom. The van der Waals surface area contributed by atoms with E-state index in [0.29, 0.717) is 12.9 Å². The highest BCUT2D eigenvalue weighted by Gasteiger charge is 2.29. The predicted molar refractivity (Wildman–Crippen MR) is 76.2 cm³/mol. The van der Waals surface area contributed by atoms with Crippen LogP contribution in [0.4, 0.5) is 0 Å². The summed E-state index contributed by atoms with van der Waals surface area (Å²) in [5.74, 6) is 0. The second-order valence-corrected chi connectivity index (χ2v) is 6.06. The van der Waals surface area contributed by atoms with Crippen LogP contribution in [-0.2, 0) is 16.0 Å². The fourth-order valence-corrected chi connectivity index (χ4v) is 1.95. The Kier molecular flexibility index (Phi) is 6.16. The van der Waals surface area contributed by atoms with E-state index in [2.05, 4.69) is 20.3 Å². The van der Waals surface area contributed by atoms with Gasteiger partial charge < -0.3 is 15.2 Å². The molecule has 6 heteroatoms. The molecule has 0 atom stereocenters. The van der Waals surface area contributed by atoms with Gasteiger partial charge in [-0.15, -0.1) is 0 Å². The summed E-state index contributed by atoms with van der Waals surface area (Å²) in [6, 6.07) is 1.92. The summed E-state index contributed by atoms with van der Waals surface area (Å²) in [6.45, 7) is 7.74. The Balaban J connectivity index is 0.000000246. The second kappa shape index (κ2) is 7.40. The van der Waals surface area contributed by atoms with Gasteiger partial charge in [-0.25, -0.2) is 0 Å². The molecule has 6 nitrogen and oxygen atoms in total. The maximum atomic E-state index is 10.2. The molecule has 1 aliphatic heterocycles. The maximum absolute atomic E-state index is 10.2. The lowest BCUT2D eigenvalue weighted by atomic mass is 9.88. The molecule has 1 aliphatic rings. The van der Waals surface area contributed by atoms with Gasteiger partial charge in [-0.2, -0.15) is 5.10 Å². The monoisotopic (exact) mass is 283 g/mol. The van der Waals surface area contributed by atoms with Gasteiger partial charge in [0.2, 0.25) is 0 Å². The van der Waals surface area contributed by atoms with Crippen LogP contribution in [-0.4, -0.2) is 46.1 Å². The quantitative estimate of drug-likeness (QED) is 0.721. The lowest BCUT2D eigenvalue weighted by Crippen LogP contribution is -2.43. The molecule has 1 aromatic rings. The van der Waals surface area contributed by atoms with E-state index >= 15 is 0 Å². The van der Waals surface area contributed by atoms with Crippen LogP contribution in [0.2, 0.25) is 0 Å². The highest BCUT2D eigenvalue weighted by molar-refractivity contribution is 5.37.